The Bertz CT molecular complexity index is 83.7. The van der Waals surface area contributed by atoms with E-state index < -0.39 is 0 Å². The smallest absolute Gasteiger partial charge is 0.117 e. The first-order valence-electron chi connectivity index (χ1n) is 3.07. The molecule has 0 aliphatic carbocycles. The van der Waals surface area contributed by atoms with Gasteiger partial charge in [-0.05, 0) is 12.8 Å². The van der Waals surface area contributed by atoms with Gasteiger partial charge >= 0.3 is 0 Å². The highest BCUT2D eigenvalue weighted by Gasteiger charge is 1.87. The summed E-state index contributed by atoms with van der Waals surface area (Å²) < 4.78 is 0. The molecule has 10 heavy (non-hydrogen) atoms. The van der Waals surface area contributed by atoms with E-state index in [-0.39, 0.29) is 0 Å². The molecule has 0 amide bonds. The summed E-state index contributed by atoms with van der Waals surface area (Å²) in [6.07, 6.45) is 1.79. The Morgan fingerprint density at radius 3 is 1.60 bits per heavy atom. The summed E-state index contributed by atoms with van der Waals surface area (Å²) in [6, 6.07) is 0. The number of rotatable bonds is 7. The highest BCUT2D eigenvalue weighted by molar-refractivity contribution is 5.21. The quantitative estimate of drug-likeness (QED) is 0.304. The molecule has 0 aromatic heterocycles. The Hall–Kier alpha value is -1.06. The van der Waals surface area contributed by atoms with E-state index in [2.05, 4.69) is 33.4 Å². The maximum absolute atomic E-state index is 4.63. The fourth-order valence-electron chi connectivity index (χ4n) is 0.462. The monoisotopic (exact) mass is 144 g/mol. The first kappa shape index (κ1) is 8.94. The number of nitrogens with zero attached hydrogens (tertiary/aromatic N) is 2. The van der Waals surface area contributed by atoms with Crippen LogP contribution in [-0.2, 0) is 9.68 Å². The van der Waals surface area contributed by atoms with Gasteiger partial charge in [-0.1, -0.05) is 0 Å². The molecule has 0 saturated carbocycles. The molecule has 0 atom stereocenters. The van der Waals surface area contributed by atoms with E-state index in [1.54, 1.807) is 0 Å². The Balaban J connectivity index is 2.76. The lowest BCUT2D eigenvalue weighted by Crippen LogP contribution is -1.92. The van der Waals surface area contributed by atoms with Crippen molar-refractivity contribution >= 4 is 13.4 Å². The van der Waals surface area contributed by atoms with Gasteiger partial charge in [-0.25, -0.2) is 0 Å². The van der Waals surface area contributed by atoms with Crippen LogP contribution in [-0.4, -0.2) is 26.6 Å². The van der Waals surface area contributed by atoms with Gasteiger partial charge in [0, 0.05) is 13.4 Å². The van der Waals surface area contributed by atoms with Crippen molar-refractivity contribution in [1.29, 1.82) is 0 Å². The zero-order chi connectivity index (χ0) is 7.66. The molecule has 0 aromatic carbocycles. The Labute approximate surface area is 60.5 Å². The summed E-state index contributed by atoms with van der Waals surface area (Å²) in [4.78, 5) is 9.25. The molecular weight excluding hydrogens is 132 g/mol. The molecule has 0 saturated heterocycles. The fourth-order valence-corrected chi connectivity index (χ4v) is 0.462. The topological polar surface area (TPSA) is 43.2 Å². The third-order valence-electron chi connectivity index (χ3n) is 0.904. The van der Waals surface area contributed by atoms with E-state index in [1.165, 1.54) is 0 Å². The minimum absolute atomic E-state index is 0.587. The van der Waals surface area contributed by atoms with Crippen LogP contribution in [0.25, 0.3) is 0 Å². The van der Waals surface area contributed by atoms with Crippen molar-refractivity contribution in [2.45, 2.75) is 12.8 Å². The highest BCUT2D eigenvalue weighted by Crippen LogP contribution is 1.90. The van der Waals surface area contributed by atoms with Crippen molar-refractivity contribution in [3.63, 3.8) is 0 Å². The van der Waals surface area contributed by atoms with Crippen LogP contribution in [0.3, 0.4) is 0 Å². The largest absolute Gasteiger partial charge is 0.396 e. The summed E-state index contributed by atoms with van der Waals surface area (Å²) in [5.41, 5.74) is 0. The maximum Gasteiger partial charge on any atom is 0.117 e. The van der Waals surface area contributed by atoms with Crippen LogP contribution in [0.2, 0.25) is 0 Å². The summed E-state index contributed by atoms with van der Waals surface area (Å²) in [5.74, 6) is 0. The van der Waals surface area contributed by atoms with Gasteiger partial charge in [-0.15, -0.1) is 10.3 Å². The average molecular weight is 144 g/mol. The van der Waals surface area contributed by atoms with Crippen molar-refractivity contribution in [1.82, 2.24) is 0 Å². The Kier molecular flexibility index (Phi) is 7.10. The van der Waals surface area contributed by atoms with E-state index in [1.807, 2.05) is 0 Å². The molecule has 0 bridgehead atoms. The van der Waals surface area contributed by atoms with Crippen molar-refractivity contribution in [3.05, 3.63) is 0 Å². The molecule has 4 nitrogen and oxygen atoms in total. The van der Waals surface area contributed by atoms with Crippen LogP contribution in [0.15, 0.2) is 10.3 Å². The van der Waals surface area contributed by atoms with Gasteiger partial charge in [0.2, 0.25) is 0 Å². The first-order valence-corrected chi connectivity index (χ1v) is 3.07. The van der Waals surface area contributed by atoms with Gasteiger partial charge in [-0.2, -0.15) is 0 Å². The van der Waals surface area contributed by atoms with Gasteiger partial charge in [0.1, 0.15) is 13.2 Å². The normalized spacial score (nSPS) is 8.40. The van der Waals surface area contributed by atoms with Crippen LogP contribution in [0.1, 0.15) is 12.8 Å². The molecule has 0 heterocycles. The van der Waals surface area contributed by atoms with Crippen LogP contribution in [0.5, 0.6) is 0 Å². The molecule has 0 rings (SSSR count). The number of hydrogen-bond donors (Lipinski definition) is 0. The number of hydrogen-bond acceptors (Lipinski definition) is 4. The summed E-state index contributed by atoms with van der Waals surface area (Å²) in [5, 5.41) is 6.45. The lowest BCUT2D eigenvalue weighted by molar-refractivity contribution is 0.113. The molecule has 0 radical (unpaired) electrons. The predicted octanol–water partition coefficient (Wildman–Crippen LogP) is 1.03. The van der Waals surface area contributed by atoms with E-state index >= 15 is 0 Å². The lowest BCUT2D eigenvalue weighted by atomic mass is 10.3. The molecule has 0 spiro atoms. The standard InChI is InChI=1S/C6H12N2O2/c1-7-9-5-3-4-6-10-8-2/h1-6H2. The van der Waals surface area contributed by atoms with Gasteiger partial charge in [0.05, 0.1) is 0 Å². The second-order valence-electron chi connectivity index (χ2n) is 1.63. The third-order valence-corrected chi connectivity index (χ3v) is 0.904. The van der Waals surface area contributed by atoms with Crippen molar-refractivity contribution in [3.8, 4) is 0 Å². The molecule has 0 aromatic rings. The lowest BCUT2D eigenvalue weighted by Gasteiger charge is -1.97. The minimum Gasteiger partial charge on any atom is -0.396 e. The molecular formula is C6H12N2O2. The van der Waals surface area contributed by atoms with Crippen molar-refractivity contribution in [2.75, 3.05) is 13.2 Å². The molecule has 0 aliphatic rings. The molecule has 4 heteroatoms. The van der Waals surface area contributed by atoms with E-state index in [4.69, 9.17) is 0 Å². The predicted molar refractivity (Wildman–Crippen MR) is 40.2 cm³/mol. The zero-order valence-electron chi connectivity index (χ0n) is 5.95. The second-order valence-corrected chi connectivity index (χ2v) is 1.63. The van der Waals surface area contributed by atoms with Gasteiger partial charge in [-0.3, -0.25) is 0 Å². The van der Waals surface area contributed by atoms with Crippen molar-refractivity contribution < 1.29 is 9.68 Å². The summed E-state index contributed by atoms with van der Waals surface area (Å²) in [7, 11) is 0. The molecule has 0 fully saturated rings. The second kappa shape index (κ2) is 7.94. The van der Waals surface area contributed by atoms with Crippen LogP contribution in [0.4, 0.5) is 0 Å². The fraction of sp³-hybridized carbons (Fsp3) is 0.667. The zero-order valence-corrected chi connectivity index (χ0v) is 5.95. The minimum atomic E-state index is 0.587. The summed E-state index contributed by atoms with van der Waals surface area (Å²) in [6.45, 7) is 7.50. The maximum atomic E-state index is 4.63. The first-order chi connectivity index (χ1) is 4.91. The Morgan fingerprint density at radius 2 is 1.30 bits per heavy atom. The van der Waals surface area contributed by atoms with Gasteiger partial charge in [0.25, 0.3) is 0 Å². The summed E-state index contributed by atoms with van der Waals surface area (Å²) >= 11 is 0. The number of oxime groups is 2. The van der Waals surface area contributed by atoms with E-state index in [0.717, 1.165) is 12.8 Å². The molecule has 0 aliphatic heterocycles. The molecule has 0 unspecified atom stereocenters. The van der Waals surface area contributed by atoms with Gasteiger partial charge in [0.15, 0.2) is 0 Å². The van der Waals surface area contributed by atoms with E-state index in [9.17, 15) is 0 Å². The van der Waals surface area contributed by atoms with Crippen LogP contribution < -0.4 is 0 Å². The van der Waals surface area contributed by atoms with Crippen LogP contribution in [0, 0.1) is 0 Å². The molecule has 0 N–H and O–H groups in total. The number of unbranched alkanes of at least 4 members (excludes halogenated alkanes) is 1. The highest BCUT2D eigenvalue weighted by atomic mass is 16.6. The van der Waals surface area contributed by atoms with Crippen LogP contribution >= 0.6 is 0 Å². The SMILES string of the molecule is C=NOCCCCON=C. The van der Waals surface area contributed by atoms with E-state index in [0.29, 0.717) is 13.2 Å². The Morgan fingerprint density at radius 1 is 0.900 bits per heavy atom. The van der Waals surface area contributed by atoms with Gasteiger partial charge < -0.3 is 9.68 Å². The third kappa shape index (κ3) is 6.94. The average Bonchev–Trinajstić information content (AvgIpc) is 1.97. The van der Waals surface area contributed by atoms with Crippen molar-refractivity contribution in [2.24, 2.45) is 10.3 Å². The molecule has 58 valence electrons.